The highest BCUT2D eigenvalue weighted by molar-refractivity contribution is 5.96. The molecule has 0 amide bonds. The number of anilines is 1. The zero-order valence-electron chi connectivity index (χ0n) is 26.1. The van der Waals surface area contributed by atoms with Crippen molar-refractivity contribution in [3.05, 3.63) is 34.9 Å². The van der Waals surface area contributed by atoms with Gasteiger partial charge in [-0.2, -0.15) is 23.1 Å². The summed E-state index contributed by atoms with van der Waals surface area (Å²) >= 11 is 0. The van der Waals surface area contributed by atoms with Gasteiger partial charge in [0.2, 0.25) is 5.88 Å². The number of fused-ring (bicyclic) bond motifs is 1. The summed E-state index contributed by atoms with van der Waals surface area (Å²) in [5.41, 5.74) is -3.60. The van der Waals surface area contributed by atoms with Crippen molar-refractivity contribution in [2.75, 3.05) is 45.2 Å². The number of rotatable bonds is 2. The molecule has 2 N–H and O–H groups in total. The Morgan fingerprint density at radius 2 is 1.80 bits per heavy atom. The highest BCUT2D eigenvalue weighted by Crippen LogP contribution is 2.43. The second-order valence-corrected chi connectivity index (χ2v) is 11.0. The number of halogens is 6. The SMILES string of the molecule is CC.COc1nc2c3c(nc(-c4ccc(F)c(C)c4C(F)(F)F)c(F)c3n1)OC(C)CCNCCN2.FC1CC2CCCN2C1. The monoisotopic (exact) mass is 642 g/mol. The number of nitrogens with zero attached hydrogens (tertiary/aromatic N) is 4. The van der Waals surface area contributed by atoms with Crippen LogP contribution in [0.4, 0.5) is 32.2 Å². The van der Waals surface area contributed by atoms with E-state index in [1.54, 1.807) is 6.92 Å². The van der Waals surface area contributed by atoms with Crippen molar-refractivity contribution in [3.63, 3.8) is 0 Å². The van der Waals surface area contributed by atoms with E-state index in [0.717, 1.165) is 32.0 Å². The highest BCUT2D eigenvalue weighted by Gasteiger charge is 2.38. The average molecular weight is 643 g/mol. The van der Waals surface area contributed by atoms with Gasteiger partial charge in [0.1, 0.15) is 34.4 Å². The van der Waals surface area contributed by atoms with Crippen LogP contribution in [-0.4, -0.2) is 78.0 Å². The quantitative estimate of drug-likeness (QED) is 0.299. The smallest absolute Gasteiger partial charge is 0.417 e. The van der Waals surface area contributed by atoms with Crippen LogP contribution in [-0.2, 0) is 6.18 Å². The van der Waals surface area contributed by atoms with Crippen LogP contribution in [0.15, 0.2) is 12.1 Å². The summed E-state index contributed by atoms with van der Waals surface area (Å²) < 4.78 is 95.2. The molecule has 3 atom stereocenters. The molecule has 0 saturated carbocycles. The van der Waals surface area contributed by atoms with Crippen molar-refractivity contribution in [2.45, 2.75) is 77.9 Å². The molecule has 0 aliphatic carbocycles. The van der Waals surface area contributed by atoms with E-state index < -0.39 is 52.5 Å². The van der Waals surface area contributed by atoms with Crippen LogP contribution in [0.3, 0.4) is 0 Å². The van der Waals surface area contributed by atoms with E-state index >= 15 is 4.39 Å². The first-order valence-electron chi connectivity index (χ1n) is 15.3. The molecule has 0 bridgehead atoms. The van der Waals surface area contributed by atoms with Gasteiger partial charge >= 0.3 is 12.2 Å². The standard InChI is InChI=1S/C22H22F5N5O2.C7H12FN.C2H6/c1-10-6-7-28-8-9-29-19-14-18(31-21(32-19)33-3)16(24)17(30-20(14)34-10)12-4-5-13(23)11(2)15(12)22(25,26)27;8-6-4-7-2-1-3-9(7)5-6;1-2/h4-5,10,28H,6-9H2,1-3H3,(H,29,31,32);6-7H,1-5H2;1-2H3. The third-order valence-electron chi connectivity index (χ3n) is 7.95. The zero-order valence-corrected chi connectivity index (χ0v) is 26.1. The van der Waals surface area contributed by atoms with Crippen molar-refractivity contribution < 1.29 is 35.8 Å². The van der Waals surface area contributed by atoms with Crippen LogP contribution >= 0.6 is 0 Å². The van der Waals surface area contributed by atoms with E-state index in [1.807, 2.05) is 13.8 Å². The van der Waals surface area contributed by atoms with Crippen molar-refractivity contribution in [1.82, 2.24) is 25.2 Å². The van der Waals surface area contributed by atoms with Crippen molar-refractivity contribution in [3.8, 4) is 23.1 Å². The molecule has 3 aliphatic rings. The summed E-state index contributed by atoms with van der Waals surface area (Å²) in [5, 5.41) is 6.33. The van der Waals surface area contributed by atoms with E-state index in [2.05, 4.69) is 30.5 Å². The summed E-state index contributed by atoms with van der Waals surface area (Å²) in [4.78, 5) is 14.7. The Morgan fingerprint density at radius 1 is 1.04 bits per heavy atom. The number of methoxy groups -OCH3 is 1. The van der Waals surface area contributed by atoms with Crippen LogP contribution in [0, 0.1) is 18.6 Å². The third-order valence-corrected chi connectivity index (χ3v) is 7.95. The Balaban J connectivity index is 0.000000352. The average Bonchev–Trinajstić information content (AvgIpc) is 3.58. The van der Waals surface area contributed by atoms with E-state index in [0.29, 0.717) is 38.6 Å². The Bertz CT molecular complexity index is 1460. The first-order chi connectivity index (χ1) is 21.5. The van der Waals surface area contributed by atoms with Crippen molar-refractivity contribution >= 4 is 16.7 Å². The first-order valence-corrected chi connectivity index (χ1v) is 15.3. The topological polar surface area (TPSA) is 84.4 Å². The van der Waals surface area contributed by atoms with Crippen molar-refractivity contribution in [2.24, 2.45) is 0 Å². The third kappa shape index (κ3) is 7.71. The molecule has 5 heterocycles. The van der Waals surface area contributed by atoms with E-state index in [9.17, 15) is 22.0 Å². The van der Waals surface area contributed by atoms with Gasteiger partial charge in [-0.3, -0.25) is 4.90 Å². The van der Waals surface area contributed by atoms with Crippen LogP contribution < -0.4 is 20.1 Å². The molecule has 3 unspecified atom stereocenters. The summed E-state index contributed by atoms with van der Waals surface area (Å²) in [6.45, 7) is 10.2. The minimum absolute atomic E-state index is 0.0724. The number of ether oxygens (including phenoxy) is 2. The van der Waals surface area contributed by atoms with Crippen LogP contribution in [0.25, 0.3) is 22.2 Å². The molecule has 3 aliphatic heterocycles. The number of benzene rings is 1. The molecule has 0 radical (unpaired) electrons. The fraction of sp³-hybridized carbons (Fsp3) is 0.581. The second-order valence-electron chi connectivity index (χ2n) is 11.0. The minimum Gasteiger partial charge on any atom is -0.474 e. The van der Waals surface area contributed by atoms with Gasteiger partial charge in [0.05, 0.1) is 18.8 Å². The molecule has 2 fully saturated rings. The summed E-state index contributed by atoms with van der Waals surface area (Å²) in [6, 6.07) is 2.11. The summed E-state index contributed by atoms with van der Waals surface area (Å²) in [6.07, 6.45) is -2.00. The molecular formula is C31H40F6N6O2. The van der Waals surface area contributed by atoms with Crippen molar-refractivity contribution in [1.29, 1.82) is 0 Å². The predicted molar refractivity (Wildman–Crippen MR) is 160 cm³/mol. The number of aromatic nitrogens is 3. The van der Waals surface area contributed by atoms with Gasteiger partial charge in [0, 0.05) is 31.2 Å². The molecule has 2 aromatic heterocycles. The van der Waals surface area contributed by atoms with Crippen LogP contribution in [0.5, 0.6) is 11.9 Å². The molecule has 8 nitrogen and oxygen atoms in total. The van der Waals surface area contributed by atoms with E-state index in [4.69, 9.17) is 9.47 Å². The molecule has 0 spiro atoms. The Labute approximate surface area is 258 Å². The molecule has 248 valence electrons. The van der Waals surface area contributed by atoms with Crippen LogP contribution in [0.2, 0.25) is 0 Å². The lowest BCUT2D eigenvalue weighted by Gasteiger charge is -2.20. The lowest BCUT2D eigenvalue weighted by Crippen LogP contribution is -2.26. The Hall–Kier alpha value is -3.39. The summed E-state index contributed by atoms with van der Waals surface area (Å²) in [5.74, 6) is -2.18. The molecule has 6 rings (SSSR count). The number of hydrogen-bond acceptors (Lipinski definition) is 8. The number of hydrogen-bond donors (Lipinski definition) is 2. The highest BCUT2D eigenvalue weighted by atomic mass is 19.4. The molecule has 1 aromatic carbocycles. The Kier molecular flexibility index (Phi) is 11.3. The molecule has 3 aromatic rings. The lowest BCUT2D eigenvalue weighted by molar-refractivity contribution is -0.137. The predicted octanol–water partition coefficient (Wildman–Crippen LogP) is 6.70. The van der Waals surface area contributed by atoms with Gasteiger partial charge in [0.25, 0.3) is 0 Å². The normalized spacial score (nSPS) is 21.7. The van der Waals surface area contributed by atoms with Gasteiger partial charge in [-0.05, 0) is 70.3 Å². The van der Waals surface area contributed by atoms with Gasteiger partial charge in [0.15, 0.2) is 5.82 Å². The minimum atomic E-state index is -4.96. The van der Waals surface area contributed by atoms with E-state index in [-0.39, 0.29) is 28.6 Å². The zero-order chi connectivity index (χ0) is 32.9. The van der Waals surface area contributed by atoms with Gasteiger partial charge < -0.3 is 20.1 Å². The molecular weight excluding hydrogens is 602 g/mol. The fourth-order valence-electron chi connectivity index (χ4n) is 5.83. The maximum atomic E-state index is 15.8. The van der Waals surface area contributed by atoms with Gasteiger partial charge in [-0.1, -0.05) is 13.8 Å². The lowest BCUT2D eigenvalue weighted by atomic mass is 9.97. The maximum absolute atomic E-state index is 15.8. The van der Waals surface area contributed by atoms with Crippen LogP contribution in [0.1, 0.15) is 57.6 Å². The largest absolute Gasteiger partial charge is 0.474 e. The Morgan fingerprint density at radius 3 is 2.49 bits per heavy atom. The first kappa shape index (κ1) is 34.5. The summed E-state index contributed by atoms with van der Waals surface area (Å²) in [7, 11) is 1.28. The maximum Gasteiger partial charge on any atom is 0.417 e. The number of pyridine rings is 1. The van der Waals surface area contributed by atoms with Gasteiger partial charge in [-0.15, -0.1) is 0 Å². The number of alkyl halides is 4. The van der Waals surface area contributed by atoms with E-state index in [1.165, 1.54) is 20.0 Å². The molecule has 45 heavy (non-hydrogen) atoms. The molecule has 2 saturated heterocycles. The number of nitrogens with one attached hydrogen (secondary N) is 2. The van der Waals surface area contributed by atoms with Gasteiger partial charge in [-0.25, -0.2) is 18.2 Å². The fourth-order valence-corrected chi connectivity index (χ4v) is 5.83. The second kappa shape index (κ2) is 14.8. The molecule has 14 heteroatoms.